The van der Waals surface area contributed by atoms with E-state index in [4.69, 9.17) is 16.3 Å². The van der Waals surface area contributed by atoms with Crippen molar-refractivity contribution < 1.29 is 40.7 Å². The van der Waals surface area contributed by atoms with Crippen molar-refractivity contribution in [2.45, 2.75) is 51.8 Å². The quantitative estimate of drug-likeness (QED) is 0.173. The number of carbonyl (C=O) groups is 2. The van der Waals surface area contributed by atoms with Gasteiger partial charge in [-0.25, -0.2) is 4.68 Å². The maximum Gasteiger partial charge on any atom is 0.453 e. The number of hydrogen-bond acceptors (Lipinski definition) is 5. The molecule has 0 aliphatic carbocycles. The molecule has 2 N–H and O–H groups in total. The topological polar surface area (TPSA) is 98.1 Å². The molecule has 1 heterocycles. The fourth-order valence-corrected chi connectivity index (χ4v) is 4.72. The number of benzene rings is 3. The number of carbonyl (C=O) groups excluding carboxylic acids is 2. The summed E-state index contributed by atoms with van der Waals surface area (Å²) in [5, 5.41) is 8.51. The molecule has 15 heteroatoms. The smallest absolute Gasteiger partial charge is 0.374 e. The Morgan fingerprint density at radius 2 is 1.59 bits per heavy atom. The molecule has 0 spiro atoms. The molecule has 0 saturated heterocycles. The molecule has 0 fully saturated rings. The molecular weight excluding hydrogens is 640 g/mol. The van der Waals surface area contributed by atoms with Crippen LogP contribution in [-0.4, -0.2) is 38.7 Å². The van der Waals surface area contributed by atoms with Gasteiger partial charge in [0.15, 0.2) is 0 Å². The Bertz CT molecular complexity index is 1720. The van der Waals surface area contributed by atoms with Gasteiger partial charge in [0, 0.05) is 5.69 Å². The molecule has 0 radical (unpaired) electrons. The zero-order chi connectivity index (χ0) is 33.9. The second-order valence-electron chi connectivity index (χ2n) is 11.0. The molecule has 8 nitrogen and oxygen atoms in total. The van der Waals surface area contributed by atoms with E-state index in [1.807, 2.05) is 30.3 Å². The van der Waals surface area contributed by atoms with Crippen LogP contribution in [0.3, 0.4) is 0 Å². The second-order valence-corrected chi connectivity index (χ2v) is 11.4. The van der Waals surface area contributed by atoms with Crippen LogP contribution in [0.25, 0.3) is 0 Å². The number of aromatic nitrogens is 3. The van der Waals surface area contributed by atoms with Gasteiger partial charge in [0.1, 0.15) is 0 Å². The van der Waals surface area contributed by atoms with Crippen molar-refractivity contribution in [3.05, 3.63) is 111 Å². The molecule has 0 bridgehead atoms. The van der Waals surface area contributed by atoms with Crippen molar-refractivity contribution in [1.29, 1.82) is 0 Å². The molecule has 4 rings (SSSR count). The first-order valence-electron chi connectivity index (χ1n) is 13.7. The third kappa shape index (κ3) is 8.63. The minimum atomic E-state index is -5.18. The molecule has 0 aliphatic heterocycles. The lowest BCUT2D eigenvalue weighted by Crippen LogP contribution is -2.47. The highest BCUT2D eigenvalue weighted by atomic mass is 35.5. The Hall–Kier alpha value is -4.43. The number of nitrogens with one attached hydrogen (secondary N) is 2. The zero-order valence-electron chi connectivity index (χ0n) is 24.7. The Kier molecular flexibility index (Phi) is 10.1. The van der Waals surface area contributed by atoms with Crippen LogP contribution in [0.1, 0.15) is 62.9 Å². The first-order valence-corrected chi connectivity index (χ1v) is 14.1. The monoisotopic (exact) mass is 667 g/mol. The van der Waals surface area contributed by atoms with Crippen LogP contribution in [0.4, 0.5) is 32.0 Å². The number of hydrogen-bond donors (Lipinski definition) is 2. The van der Waals surface area contributed by atoms with E-state index in [9.17, 15) is 35.9 Å². The van der Waals surface area contributed by atoms with Crippen LogP contribution < -0.4 is 10.6 Å². The second kappa shape index (κ2) is 13.5. The number of aryl methyl sites for hydroxylation is 1. The summed E-state index contributed by atoms with van der Waals surface area (Å²) in [6.07, 6.45) is -10.3. The van der Waals surface area contributed by atoms with Crippen LogP contribution >= 0.6 is 11.6 Å². The summed E-state index contributed by atoms with van der Waals surface area (Å²) in [5.74, 6) is -5.04. The lowest BCUT2D eigenvalue weighted by Gasteiger charge is -2.27. The van der Waals surface area contributed by atoms with E-state index >= 15 is 0 Å². The van der Waals surface area contributed by atoms with E-state index in [-0.39, 0.29) is 38.7 Å². The lowest BCUT2D eigenvalue weighted by molar-refractivity contribution is -0.150. The Morgan fingerprint density at radius 3 is 2.22 bits per heavy atom. The van der Waals surface area contributed by atoms with Gasteiger partial charge in [0.2, 0.25) is 5.82 Å². The Morgan fingerprint density at radius 1 is 0.891 bits per heavy atom. The van der Waals surface area contributed by atoms with E-state index in [1.165, 1.54) is 43.3 Å². The van der Waals surface area contributed by atoms with Crippen LogP contribution in [0.2, 0.25) is 5.02 Å². The fourth-order valence-electron chi connectivity index (χ4n) is 4.46. The molecule has 3 aromatic carbocycles. The van der Waals surface area contributed by atoms with E-state index in [0.29, 0.717) is 12.2 Å². The third-order valence-corrected chi connectivity index (χ3v) is 6.88. The van der Waals surface area contributed by atoms with Crippen LogP contribution in [0.15, 0.2) is 66.7 Å². The Labute approximate surface area is 264 Å². The molecule has 0 atom stereocenters. The average Bonchev–Trinajstić information content (AvgIpc) is 3.40. The number of anilines is 1. The van der Waals surface area contributed by atoms with Crippen LogP contribution in [0, 0.1) is 6.92 Å². The molecule has 4 aromatic rings. The van der Waals surface area contributed by atoms with Gasteiger partial charge in [0.25, 0.3) is 17.6 Å². The highest BCUT2D eigenvalue weighted by Crippen LogP contribution is 2.33. The molecule has 1 aromatic heterocycles. The molecule has 46 heavy (non-hydrogen) atoms. The summed E-state index contributed by atoms with van der Waals surface area (Å²) in [6.45, 7) is 4.85. The van der Waals surface area contributed by atoms with Gasteiger partial charge >= 0.3 is 12.4 Å². The number of halogens is 7. The number of alkyl halides is 6. The summed E-state index contributed by atoms with van der Waals surface area (Å²) in [4.78, 5) is 29.3. The van der Waals surface area contributed by atoms with Crippen LogP contribution in [-0.2, 0) is 30.2 Å². The van der Waals surface area contributed by atoms with Crippen molar-refractivity contribution in [3.63, 3.8) is 0 Å². The minimum absolute atomic E-state index is 0.0183. The summed E-state index contributed by atoms with van der Waals surface area (Å²) < 4.78 is 84.9. The summed E-state index contributed by atoms with van der Waals surface area (Å²) in [5.41, 5.74) is 0.755. The number of ether oxygens (including phenoxy) is 1. The van der Waals surface area contributed by atoms with Crippen molar-refractivity contribution in [2.24, 2.45) is 0 Å². The SMILES string of the molecule is Cc1cc(Cn2nc(C(F)(F)F)nc2C(F)(F)F)ccc1NC(=O)c1cccc(Cl)c1C(=O)NC(C)(C)COCc1ccccc1. The first-order chi connectivity index (χ1) is 21.4. The van der Waals surface area contributed by atoms with Crippen molar-refractivity contribution >= 4 is 29.1 Å². The molecule has 0 aliphatic rings. The number of rotatable bonds is 10. The van der Waals surface area contributed by atoms with E-state index in [0.717, 1.165) is 5.56 Å². The predicted molar refractivity (Wildman–Crippen MR) is 157 cm³/mol. The number of nitrogens with zero attached hydrogens (tertiary/aromatic N) is 3. The van der Waals surface area contributed by atoms with E-state index < -0.39 is 47.9 Å². The van der Waals surface area contributed by atoms with Crippen molar-refractivity contribution in [2.75, 3.05) is 11.9 Å². The lowest BCUT2D eigenvalue weighted by atomic mass is 10.0. The van der Waals surface area contributed by atoms with Gasteiger partial charge < -0.3 is 15.4 Å². The maximum absolute atomic E-state index is 13.3. The number of amides is 2. The molecule has 2 amide bonds. The summed E-state index contributed by atoms with van der Waals surface area (Å²) in [6, 6.07) is 17.9. The summed E-state index contributed by atoms with van der Waals surface area (Å²) in [7, 11) is 0. The van der Waals surface area contributed by atoms with Gasteiger partial charge in [-0.15, -0.1) is 5.10 Å². The van der Waals surface area contributed by atoms with Crippen molar-refractivity contribution in [1.82, 2.24) is 20.1 Å². The highest BCUT2D eigenvalue weighted by Gasteiger charge is 2.44. The van der Waals surface area contributed by atoms with Crippen LogP contribution in [0.5, 0.6) is 0 Å². The third-order valence-electron chi connectivity index (χ3n) is 6.56. The summed E-state index contributed by atoms with van der Waals surface area (Å²) >= 11 is 6.35. The van der Waals surface area contributed by atoms with Crippen molar-refractivity contribution in [3.8, 4) is 0 Å². The normalized spacial score (nSPS) is 12.2. The minimum Gasteiger partial charge on any atom is -0.374 e. The van der Waals surface area contributed by atoms with Gasteiger partial charge in [-0.05, 0) is 55.7 Å². The zero-order valence-corrected chi connectivity index (χ0v) is 25.4. The largest absolute Gasteiger partial charge is 0.453 e. The maximum atomic E-state index is 13.3. The molecule has 244 valence electrons. The molecular formula is C31H28ClF6N5O3. The van der Waals surface area contributed by atoms with Gasteiger partial charge in [-0.2, -0.15) is 31.3 Å². The van der Waals surface area contributed by atoms with Gasteiger partial charge in [-0.1, -0.05) is 60.1 Å². The molecule has 0 saturated carbocycles. The van der Waals surface area contributed by atoms with E-state index in [2.05, 4.69) is 20.7 Å². The average molecular weight is 668 g/mol. The Balaban J connectivity index is 1.48. The standard InChI is InChI=1S/C31H28ClF6N5O3/c1-18-14-20(15-43-28(31(36,37)38)40-27(42-43)30(33,34)35)12-13-23(18)39-25(44)21-10-7-11-22(32)24(21)26(45)41-29(2,3)17-46-16-19-8-5-4-6-9-19/h4-14H,15-17H2,1-3H3,(H,39,44)(H,41,45). The highest BCUT2D eigenvalue weighted by molar-refractivity contribution is 6.35. The predicted octanol–water partition coefficient (Wildman–Crippen LogP) is 7.30. The first kappa shape index (κ1) is 34.4. The molecule has 0 unspecified atom stereocenters. The van der Waals surface area contributed by atoms with Gasteiger partial charge in [0.05, 0.1) is 41.4 Å². The van der Waals surface area contributed by atoms with Gasteiger partial charge in [-0.3, -0.25) is 9.59 Å². The van der Waals surface area contributed by atoms with E-state index in [1.54, 1.807) is 13.8 Å². The fraction of sp³-hybridized carbons (Fsp3) is 0.290.